The smallest absolute Gasteiger partial charge is 0.0542 e. The van der Waals surface area contributed by atoms with E-state index in [-0.39, 0.29) is 0 Å². The topological polar surface area (TPSA) is 27.3 Å². The summed E-state index contributed by atoms with van der Waals surface area (Å²) in [7, 11) is 2.58. The molecule has 2 atom stereocenters. The monoisotopic (exact) mass is 223 g/mol. The van der Waals surface area contributed by atoms with Gasteiger partial charge in [-0.1, -0.05) is 27.6 Å². The largest absolute Gasteiger partial charge is 0.365 e. The second-order valence-corrected chi connectivity index (χ2v) is 4.20. The van der Waals surface area contributed by atoms with E-state index in [2.05, 4.69) is 55.0 Å². The van der Waals surface area contributed by atoms with Crippen LogP contribution in [0.4, 0.5) is 5.69 Å². The van der Waals surface area contributed by atoms with Crippen LogP contribution in [0.1, 0.15) is 0 Å². The van der Waals surface area contributed by atoms with Crippen LogP contribution in [0, 0.1) is 0 Å². The van der Waals surface area contributed by atoms with E-state index in [1.807, 2.05) is 0 Å². The Labute approximate surface area is 93.5 Å². The lowest BCUT2D eigenvalue weighted by Crippen LogP contribution is -2.54. The fourth-order valence-corrected chi connectivity index (χ4v) is 2.31. The van der Waals surface area contributed by atoms with Crippen LogP contribution in [0.25, 0.3) is 0 Å². The van der Waals surface area contributed by atoms with Crippen LogP contribution in [0.2, 0.25) is 0 Å². The lowest BCUT2D eigenvalue weighted by atomic mass is 10.1. The molecule has 0 saturated carbocycles. The molecule has 0 aromatic heterocycles. The van der Waals surface area contributed by atoms with E-state index in [4.69, 9.17) is 0 Å². The van der Waals surface area contributed by atoms with Crippen molar-refractivity contribution in [2.45, 2.75) is 6.04 Å². The maximum absolute atomic E-state index is 3.43. The van der Waals surface area contributed by atoms with Gasteiger partial charge in [-0.15, -0.1) is 0 Å². The predicted molar refractivity (Wildman–Crippen MR) is 68.2 cm³/mol. The molecule has 2 unspecified atom stereocenters. The van der Waals surface area contributed by atoms with E-state index in [1.165, 1.54) is 5.69 Å². The molecule has 1 aromatic carbocycles. The second-order valence-electron chi connectivity index (χ2n) is 3.80. The highest BCUT2D eigenvalue weighted by atomic mass is 31.0. The summed E-state index contributed by atoms with van der Waals surface area (Å²) in [4.78, 5) is 2.47. The minimum atomic E-state index is 0.540. The van der Waals surface area contributed by atoms with Crippen molar-refractivity contribution in [3.05, 3.63) is 30.3 Å². The fraction of sp³-hybridized carbons (Fsp3) is 0.455. The van der Waals surface area contributed by atoms with Crippen LogP contribution in [0.15, 0.2) is 30.3 Å². The van der Waals surface area contributed by atoms with Crippen molar-refractivity contribution in [1.29, 1.82) is 0 Å². The van der Waals surface area contributed by atoms with Gasteiger partial charge in [0.2, 0.25) is 0 Å². The number of benzene rings is 1. The van der Waals surface area contributed by atoms with Gasteiger partial charge in [-0.3, -0.25) is 5.09 Å². The molecule has 0 aliphatic carbocycles. The molecular weight excluding hydrogens is 205 g/mol. The van der Waals surface area contributed by atoms with E-state index in [1.54, 1.807) is 0 Å². The number of para-hydroxylation sites is 1. The molecule has 1 fully saturated rings. The van der Waals surface area contributed by atoms with Crippen molar-refractivity contribution in [1.82, 2.24) is 10.4 Å². The van der Waals surface area contributed by atoms with E-state index in [0.717, 1.165) is 26.2 Å². The van der Waals surface area contributed by atoms with Gasteiger partial charge in [0.25, 0.3) is 0 Å². The Balaban J connectivity index is 2.11. The first kappa shape index (κ1) is 10.9. The molecule has 0 bridgehead atoms. The zero-order valence-electron chi connectivity index (χ0n) is 8.82. The third-order valence-electron chi connectivity index (χ3n) is 2.79. The van der Waals surface area contributed by atoms with Crippen molar-refractivity contribution >= 4 is 15.1 Å². The van der Waals surface area contributed by atoms with Crippen LogP contribution >= 0.6 is 9.39 Å². The normalized spacial score (nSPS) is 21.7. The maximum atomic E-state index is 3.43. The summed E-state index contributed by atoms with van der Waals surface area (Å²) in [5, 5.41) is 6.60. The van der Waals surface area contributed by atoms with Gasteiger partial charge in [0.15, 0.2) is 0 Å². The number of hydrogen-bond acceptors (Lipinski definition) is 3. The lowest BCUT2D eigenvalue weighted by Gasteiger charge is -2.38. The molecule has 1 aliphatic heterocycles. The highest BCUT2D eigenvalue weighted by Gasteiger charge is 2.21. The number of hydrogen-bond donors (Lipinski definition) is 2. The number of nitrogens with zero attached hydrogens (tertiary/aromatic N) is 1. The molecule has 0 spiro atoms. The molecule has 15 heavy (non-hydrogen) atoms. The first-order chi connectivity index (χ1) is 7.42. The van der Waals surface area contributed by atoms with Crippen molar-refractivity contribution in [3.63, 3.8) is 0 Å². The number of nitrogens with one attached hydrogen (secondary N) is 2. The molecule has 2 N–H and O–H groups in total. The molecule has 0 radical (unpaired) electrons. The third kappa shape index (κ3) is 2.69. The molecule has 4 heteroatoms. The average Bonchev–Trinajstić information content (AvgIpc) is 2.31. The van der Waals surface area contributed by atoms with Crippen molar-refractivity contribution < 1.29 is 0 Å². The van der Waals surface area contributed by atoms with E-state index < -0.39 is 0 Å². The minimum Gasteiger partial charge on any atom is -0.365 e. The van der Waals surface area contributed by atoms with Crippen LogP contribution < -0.4 is 15.3 Å². The zero-order chi connectivity index (χ0) is 10.5. The Morgan fingerprint density at radius 3 is 2.93 bits per heavy atom. The molecule has 1 aromatic rings. The highest BCUT2D eigenvalue weighted by molar-refractivity contribution is 7.13. The first-order valence-corrected chi connectivity index (χ1v) is 5.95. The second kappa shape index (κ2) is 5.45. The van der Waals surface area contributed by atoms with Crippen molar-refractivity contribution in [3.8, 4) is 0 Å². The Morgan fingerprint density at radius 1 is 1.40 bits per heavy atom. The number of piperazine rings is 1. The first-order valence-electron chi connectivity index (χ1n) is 5.37. The quantitative estimate of drug-likeness (QED) is 0.744. The van der Waals surface area contributed by atoms with Gasteiger partial charge in [-0.25, -0.2) is 0 Å². The van der Waals surface area contributed by atoms with Gasteiger partial charge in [0, 0.05) is 31.9 Å². The highest BCUT2D eigenvalue weighted by Crippen LogP contribution is 2.17. The summed E-state index contributed by atoms with van der Waals surface area (Å²) in [5.41, 5.74) is 1.32. The molecule has 0 amide bonds. The maximum Gasteiger partial charge on any atom is 0.0542 e. The number of rotatable bonds is 3. The molecule has 3 nitrogen and oxygen atoms in total. The Morgan fingerprint density at radius 2 is 2.20 bits per heavy atom. The van der Waals surface area contributed by atoms with Gasteiger partial charge >= 0.3 is 0 Å². The molecule has 1 aliphatic rings. The summed E-state index contributed by atoms with van der Waals surface area (Å²) < 4.78 is 0. The SMILES string of the molecule is PNCC1CNCCN1c1ccccc1. The molecule has 2 rings (SSSR count). The van der Waals surface area contributed by atoms with Crippen molar-refractivity contribution in [2.24, 2.45) is 0 Å². The summed E-state index contributed by atoms with van der Waals surface area (Å²) in [5.74, 6) is 0. The minimum absolute atomic E-state index is 0.540. The van der Waals surface area contributed by atoms with Gasteiger partial charge in [0.05, 0.1) is 6.04 Å². The van der Waals surface area contributed by atoms with E-state index in [9.17, 15) is 0 Å². The Hall–Kier alpha value is -0.630. The van der Waals surface area contributed by atoms with Gasteiger partial charge in [-0.2, -0.15) is 0 Å². The summed E-state index contributed by atoms with van der Waals surface area (Å²) in [6.07, 6.45) is 0. The summed E-state index contributed by atoms with van der Waals surface area (Å²) >= 11 is 0. The lowest BCUT2D eigenvalue weighted by molar-refractivity contribution is 0.475. The van der Waals surface area contributed by atoms with Crippen LogP contribution in [0.3, 0.4) is 0 Å². The standard InChI is InChI=1S/C11H18N3P/c15-13-9-11-8-12-6-7-14(11)10-4-2-1-3-5-10/h1-5,11-13H,6-9,15H2. The summed E-state index contributed by atoms with van der Waals surface area (Å²) in [6, 6.07) is 11.2. The van der Waals surface area contributed by atoms with E-state index >= 15 is 0 Å². The van der Waals surface area contributed by atoms with Crippen LogP contribution in [-0.4, -0.2) is 32.2 Å². The zero-order valence-corrected chi connectivity index (χ0v) is 9.97. The van der Waals surface area contributed by atoms with Gasteiger partial charge < -0.3 is 10.2 Å². The predicted octanol–water partition coefficient (Wildman–Crippen LogP) is 0.844. The Bertz CT molecular complexity index is 289. The average molecular weight is 223 g/mol. The van der Waals surface area contributed by atoms with E-state index in [0.29, 0.717) is 6.04 Å². The number of anilines is 1. The van der Waals surface area contributed by atoms with Gasteiger partial charge in [-0.05, 0) is 12.1 Å². The van der Waals surface area contributed by atoms with Crippen LogP contribution in [0.5, 0.6) is 0 Å². The van der Waals surface area contributed by atoms with Crippen molar-refractivity contribution in [2.75, 3.05) is 31.1 Å². The fourth-order valence-electron chi connectivity index (χ4n) is 2.04. The molecular formula is C11H18N3P. The molecule has 82 valence electrons. The third-order valence-corrected chi connectivity index (χ3v) is 3.03. The Kier molecular flexibility index (Phi) is 3.95. The summed E-state index contributed by atoms with van der Waals surface area (Å²) in [6.45, 7) is 4.20. The van der Waals surface area contributed by atoms with Crippen LogP contribution in [-0.2, 0) is 0 Å². The molecule has 1 heterocycles. The van der Waals surface area contributed by atoms with Gasteiger partial charge in [0.1, 0.15) is 0 Å². The molecule has 1 saturated heterocycles.